The zero-order valence-corrected chi connectivity index (χ0v) is 8.33. The van der Waals surface area contributed by atoms with E-state index in [0.717, 1.165) is 11.9 Å². The summed E-state index contributed by atoms with van der Waals surface area (Å²) in [6.07, 6.45) is 6.30. The molecule has 76 valence electrons. The molecule has 1 aromatic carbocycles. The first-order valence-corrected chi connectivity index (χ1v) is 4.83. The lowest BCUT2D eigenvalue weighted by Gasteiger charge is -1.93. The van der Waals surface area contributed by atoms with Crippen molar-refractivity contribution in [3.8, 4) is 0 Å². The lowest BCUT2D eigenvalue weighted by atomic mass is 10.1. The van der Waals surface area contributed by atoms with Gasteiger partial charge in [-0.2, -0.15) is 0 Å². The molecule has 0 fully saturated rings. The van der Waals surface area contributed by atoms with Gasteiger partial charge in [0.05, 0.1) is 0 Å². The van der Waals surface area contributed by atoms with Gasteiger partial charge < -0.3 is 10.7 Å². The maximum atomic E-state index is 7.07. The van der Waals surface area contributed by atoms with Gasteiger partial charge in [0.15, 0.2) is 0 Å². The van der Waals surface area contributed by atoms with Gasteiger partial charge in [-0.05, 0) is 24.1 Å². The molecule has 0 bridgehead atoms. The van der Waals surface area contributed by atoms with Gasteiger partial charge in [0.25, 0.3) is 0 Å². The Labute approximate surface area is 88.1 Å². The Bertz CT molecular complexity index is 508. The van der Waals surface area contributed by atoms with Crippen LogP contribution in [0, 0.1) is 5.41 Å². The average molecular weight is 199 g/mol. The summed E-state index contributed by atoms with van der Waals surface area (Å²) in [4.78, 5) is 3.21. The van der Waals surface area contributed by atoms with E-state index in [2.05, 4.69) is 11.1 Å². The van der Waals surface area contributed by atoms with Crippen LogP contribution in [0.4, 0.5) is 0 Å². The molecule has 15 heavy (non-hydrogen) atoms. The Morgan fingerprint density at radius 3 is 3.00 bits per heavy atom. The Balaban J connectivity index is 2.25. The van der Waals surface area contributed by atoms with Crippen LogP contribution in [-0.2, 0) is 6.42 Å². The minimum atomic E-state index is 0.0924. The van der Waals surface area contributed by atoms with Crippen LogP contribution < -0.4 is 5.73 Å². The van der Waals surface area contributed by atoms with Gasteiger partial charge in [-0.1, -0.05) is 24.3 Å². The van der Waals surface area contributed by atoms with E-state index >= 15 is 0 Å². The Morgan fingerprint density at radius 1 is 1.40 bits per heavy atom. The molecular weight excluding hydrogens is 186 g/mol. The second-order valence-electron chi connectivity index (χ2n) is 3.42. The van der Waals surface area contributed by atoms with Crippen molar-refractivity contribution in [3.63, 3.8) is 0 Å². The number of amidine groups is 1. The van der Waals surface area contributed by atoms with Gasteiger partial charge >= 0.3 is 0 Å². The number of allylic oxidation sites excluding steroid dienone is 1. The van der Waals surface area contributed by atoms with Crippen LogP contribution in [-0.4, -0.2) is 10.8 Å². The van der Waals surface area contributed by atoms with Crippen LogP contribution in [0.2, 0.25) is 0 Å². The number of rotatable bonds is 3. The van der Waals surface area contributed by atoms with Crippen LogP contribution in [0.25, 0.3) is 10.9 Å². The van der Waals surface area contributed by atoms with Gasteiger partial charge in [0.2, 0.25) is 0 Å². The van der Waals surface area contributed by atoms with Crippen LogP contribution in [0.1, 0.15) is 5.56 Å². The number of para-hydroxylation sites is 1. The fourth-order valence-corrected chi connectivity index (χ4v) is 1.61. The lowest BCUT2D eigenvalue weighted by Crippen LogP contribution is -2.04. The van der Waals surface area contributed by atoms with Crippen molar-refractivity contribution >= 4 is 16.7 Å². The van der Waals surface area contributed by atoms with Gasteiger partial charge in [-0.15, -0.1) is 0 Å². The number of hydrogen-bond acceptors (Lipinski definition) is 1. The maximum absolute atomic E-state index is 7.07. The third-order valence-corrected chi connectivity index (χ3v) is 2.31. The number of aromatic nitrogens is 1. The first-order chi connectivity index (χ1) is 7.27. The summed E-state index contributed by atoms with van der Waals surface area (Å²) < 4.78 is 0. The van der Waals surface area contributed by atoms with Crippen molar-refractivity contribution in [2.45, 2.75) is 6.42 Å². The van der Waals surface area contributed by atoms with Gasteiger partial charge in [-0.3, -0.25) is 5.41 Å². The molecule has 4 N–H and O–H groups in total. The zero-order valence-electron chi connectivity index (χ0n) is 8.33. The second-order valence-corrected chi connectivity index (χ2v) is 3.42. The maximum Gasteiger partial charge on any atom is 0.114 e. The van der Waals surface area contributed by atoms with Crippen LogP contribution in [0.5, 0.6) is 0 Å². The molecule has 2 aromatic rings. The number of fused-ring (bicyclic) bond motifs is 1. The quantitative estimate of drug-likeness (QED) is 0.515. The van der Waals surface area contributed by atoms with E-state index in [1.165, 1.54) is 10.9 Å². The lowest BCUT2D eigenvalue weighted by molar-refractivity contribution is 1.28. The second kappa shape index (κ2) is 4.00. The van der Waals surface area contributed by atoms with Crippen LogP contribution in [0.15, 0.2) is 42.6 Å². The van der Waals surface area contributed by atoms with E-state index in [1.807, 2.05) is 30.5 Å². The normalized spacial score (nSPS) is 11.2. The molecule has 0 aliphatic carbocycles. The molecule has 0 atom stereocenters. The summed E-state index contributed by atoms with van der Waals surface area (Å²) in [6.45, 7) is 0. The SMILES string of the molecule is N=C(N)C=CCc1c[nH]c2ccccc12. The van der Waals surface area contributed by atoms with Crippen molar-refractivity contribution in [2.75, 3.05) is 0 Å². The molecule has 0 radical (unpaired) electrons. The topological polar surface area (TPSA) is 65.7 Å². The van der Waals surface area contributed by atoms with E-state index in [4.69, 9.17) is 11.1 Å². The van der Waals surface area contributed by atoms with Crippen molar-refractivity contribution in [1.82, 2.24) is 4.98 Å². The molecule has 0 aliphatic rings. The third kappa shape index (κ3) is 2.07. The molecule has 0 saturated heterocycles. The van der Waals surface area contributed by atoms with Gasteiger partial charge in [0, 0.05) is 17.1 Å². The van der Waals surface area contributed by atoms with E-state index in [0.29, 0.717) is 0 Å². The van der Waals surface area contributed by atoms with E-state index in [9.17, 15) is 0 Å². The standard InChI is InChI=1S/C12H13N3/c13-12(14)7-3-4-9-8-15-11-6-2-1-5-10(9)11/h1-3,5-8,15H,4H2,(H3,13,14). The fraction of sp³-hybridized carbons (Fsp3) is 0.0833. The highest BCUT2D eigenvalue weighted by Crippen LogP contribution is 2.18. The summed E-state index contributed by atoms with van der Waals surface area (Å²) >= 11 is 0. The molecule has 0 saturated carbocycles. The van der Waals surface area contributed by atoms with Crippen molar-refractivity contribution in [3.05, 3.63) is 48.2 Å². The summed E-state index contributed by atoms with van der Waals surface area (Å²) in [5, 5.41) is 8.30. The molecular formula is C12H13N3. The number of benzene rings is 1. The largest absolute Gasteiger partial charge is 0.384 e. The minimum Gasteiger partial charge on any atom is -0.384 e. The van der Waals surface area contributed by atoms with Crippen LogP contribution in [0.3, 0.4) is 0 Å². The summed E-state index contributed by atoms with van der Waals surface area (Å²) in [6, 6.07) is 8.17. The molecule has 1 aromatic heterocycles. The van der Waals surface area contributed by atoms with Gasteiger partial charge in [0.1, 0.15) is 5.84 Å². The summed E-state index contributed by atoms with van der Waals surface area (Å²) in [7, 11) is 0. The van der Waals surface area contributed by atoms with Crippen molar-refractivity contribution in [2.24, 2.45) is 5.73 Å². The minimum absolute atomic E-state index is 0.0924. The highest BCUT2D eigenvalue weighted by atomic mass is 14.7. The number of nitrogens with two attached hydrogens (primary N) is 1. The molecule has 0 aliphatic heterocycles. The van der Waals surface area contributed by atoms with Crippen LogP contribution >= 0.6 is 0 Å². The smallest absolute Gasteiger partial charge is 0.114 e. The average Bonchev–Trinajstić information content (AvgIpc) is 2.62. The van der Waals surface area contributed by atoms with Crippen molar-refractivity contribution in [1.29, 1.82) is 5.41 Å². The highest BCUT2D eigenvalue weighted by molar-refractivity contribution is 5.88. The van der Waals surface area contributed by atoms with E-state index < -0.39 is 0 Å². The highest BCUT2D eigenvalue weighted by Gasteiger charge is 1.99. The number of H-pyrrole nitrogens is 1. The number of nitrogens with one attached hydrogen (secondary N) is 2. The van der Waals surface area contributed by atoms with Gasteiger partial charge in [-0.25, -0.2) is 0 Å². The first-order valence-electron chi connectivity index (χ1n) is 4.83. The molecule has 0 spiro atoms. The molecule has 3 nitrogen and oxygen atoms in total. The molecule has 1 heterocycles. The van der Waals surface area contributed by atoms with Crippen molar-refractivity contribution < 1.29 is 0 Å². The third-order valence-electron chi connectivity index (χ3n) is 2.31. The molecule has 2 rings (SSSR count). The fourth-order valence-electron chi connectivity index (χ4n) is 1.61. The predicted molar refractivity (Wildman–Crippen MR) is 63.1 cm³/mol. The molecule has 0 unspecified atom stereocenters. The predicted octanol–water partition coefficient (Wildman–Crippen LogP) is 2.20. The summed E-state index contributed by atoms with van der Waals surface area (Å²) in [5.41, 5.74) is 7.60. The summed E-state index contributed by atoms with van der Waals surface area (Å²) in [5.74, 6) is 0.0924. The molecule has 3 heteroatoms. The number of aromatic amines is 1. The number of hydrogen-bond donors (Lipinski definition) is 3. The Morgan fingerprint density at radius 2 is 2.20 bits per heavy atom. The first kappa shape index (κ1) is 9.52. The Hall–Kier alpha value is -2.03. The van der Waals surface area contributed by atoms with E-state index in [-0.39, 0.29) is 5.84 Å². The van der Waals surface area contributed by atoms with E-state index in [1.54, 1.807) is 6.08 Å². The Kier molecular flexibility index (Phi) is 2.54. The zero-order chi connectivity index (χ0) is 10.7. The molecule has 0 amide bonds. The monoisotopic (exact) mass is 199 g/mol.